The van der Waals surface area contributed by atoms with E-state index in [-0.39, 0.29) is 27.0 Å². The van der Waals surface area contributed by atoms with Crippen molar-refractivity contribution in [3.05, 3.63) is 45.5 Å². The van der Waals surface area contributed by atoms with Crippen molar-refractivity contribution in [2.24, 2.45) is 0 Å². The first-order valence-electron chi connectivity index (χ1n) is 9.39. The molecule has 5 rings (SSSR count). The summed E-state index contributed by atoms with van der Waals surface area (Å²) in [4.78, 5) is 25.4. The molecular formula is C19H16BrN5O6S. The summed E-state index contributed by atoms with van der Waals surface area (Å²) >= 11 is 4.36. The van der Waals surface area contributed by atoms with Gasteiger partial charge >= 0.3 is 5.63 Å². The van der Waals surface area contributed by atoms with E-state index in [1.54, 1.807) is 24.3 Å². The summed E-state index contributed by atoms with van der Waals surface area (Å²) in [6.07, 6.45) is -3.63. The number of halogens is 1. The van der Waals surface area contributed by atoms with Crippen LogP contribution in [0.15, 0.2) is 54.3 Å². The Kier molecular flexibility index (Phi) is 5.39. The van der Waals surface area contributed by atoms with Crippen LogP contribution in [-0.2, 0) is 4.74 Å². The van der Waals surface area contributed by atoms with Crippen LogP contribution < -0.4 is 11.4 Å². The molecule has 1 unspecified atom stereocenters. The Hall–Kier alpha value is -2.55. The monoisotopic (exact) mass is 521 g/mol. The molecule has 1 fully saturated rings. The number of hydrogen-bond acceptors (Lipinski definition) is 11. The lowest BCUT2D eigenvalue weighted by Gasteiger charge is -2.18. The number of hydrogen-bond donors (Lipinski definition) is 4. The molecule has 166 valence electrons. The maximum Gasteiger partial charge on any atom is 0.350 e. The molecule has 11 nitrogen and oxygen atoms in total. The third-order valence-corrected chi connectivity index (χ3v) is 6.58. The van der Waals surface area contributed by atoms with E-state index in [0.717, 1.165) is 16.2 Å². The van der Waals surface area contributed by atoms with Crippen molar-refractivity contribution in [3.8, 4) is 0 Å². The fraction of sp³-hybridized carbons (Fsp3) is 0.263. The van der Waals surface area contributed by atoms with Crippen molar-refractivity contribution < 1.29 is 24.5 Å². The topological polar surface area (TPSA) is 170 Å². The number of fused-ring (bicyclic) bond motifs is 2. The number of ether oxygens (including phenoxy) is 1. The Bertz CT molecular complexity index is 1390. The summed E-state index contributed by atoms with van der Waals surface area (Å²) in [6, 6.07) is 6.91. The normalized spacial score (nSPS) is 23.4. The molecule has 1 aromatic carbocycles. The average Bonchev–Trinajstić information content (AvgIpc) is 3.27. The molecule has 13 heteroatoms. The number of aromatic nitrogens is 4. The highest BCUT2D eigenvalue weighted by Crippen LogP contribution is 2.38. The van der Waals surface area contributed by atoms with Crippen LogP contribution in [0, 0.1) is 0 Å². The first kappa shape index (κ1) is 21.3. The van der Waals surface area contributed by atoms with E-state index in [1.807, 2.05) is 0 Å². The van der Waals surface area contributed by atoms with Gasteiger partial charge in [-0.25, -0.2) is 19.7 Å². The average molecular weight is 522 g/mol. The summed E-state index contributed by atoms with van der Waals surface area (Å²) in [5.41, 5.74) is 6.27. The fourth-order valence-electron chi connectivity index (χ4n) is 3.55. The van der Waals surface area contributed by atoms with E-state index in [2.05, 4.69) is 30.9 Å². The molecule has 0 saturated carbocycles. The van der Waals surface area contributed by atoms with E-state index >= 15 is 0 Å². The van der Waals surface area contributed by atoms with E-state index in [0.29, 0.717) is 11.0 Å². The van der Waals surface area contributed by atoms with Crippen LogP contribution in [0.5, 0.6) is 0 Å². The lowest BCUT2D eigenvalue weighted by atomic mass is 10.1. The molecule has 4 aromatic rings. The molecule has 5 N–H and O–H groups in total. The number of nitrogen functional groups attached to an aromatic ring is 1. The predicted molar refractivity (Wildman–Crippen MR) is 117 cm³/mol. The van der Waals surface area contributed by atoms with Gasteiger partial charge in [-0.3, -0.25) is 4.57 Å². The van der Waals surface area contributed by atoms with Gasteiger partial charge in [0.25, 0.3) is 0 Å². The molecule has 0 bridgehead atoms. The maximum absolute atomic E-state index is 12.6. The Morgan fingerprint density at radius 2 is 2.03 bits per heavy atom. The second kappa shape index (κ2) is 8.10. The number of aliphatic hydroxyl groups is 3. The smallest absolute Gasteiger partial charge is 0.350 e. The SMILES string of the molecule is Nc1ncnc2c1nc(Sc1cc3cc(Br)ccc3oc1=O)n2[C@@H]1O[C@H](CO)[C@@H](O)C1O. The van der Waals surface area contributed by atoms with Gasteiger partial charge in [0.15, 0.2) is 28.4 Å². The van der Waals surface area contributed by atoms with Crippen molar-refractivity contribution in [2.45, 2.75) is 34.6 Å². The van der Waals surface area contributed by atoms with E-state index in [1.165, 1.54) is 10.9 Å². The van der Waals surface area contributed by atoms with E-state index in [4.69, 9.17) is 14.9 Å². The van der Waals surface area contributed by atoms with Gasteiger partial charge in [-0.1, -0.05) is 15.9 Å². The Balaban J connectivity index is 1.66. The van der Waals surface area contributed by atoms with Gasteiger partial charge in [0.1, 0.15) is 35.1 Å². The van der Waals surface area contributed by atoms with E-state index in [9.17, 15) is 20.1 Å². The van der Waals surface area contributed by atoms with Gasteiger partial charge in [-0.2, -0.15) is 0 Å². The number of rotatable bonds is 4. The first-order chi connectivity index (χ1) is 15.4. The van der Waals surface area contributed by atoms with Gasteiger partial charge in [0, 0.05) is 9.86 Å². The molecule has 4 heterocycles. The zero-order valence-corrected chi connectivity index (χ0v) is 18.5. The lowest BCUT2D eigenvalue weighted by Crippen LogP contribution is -2.33. The van der Waals surface area contributed by atoms with Gasteiger partial charge in [0.05, 0.1) is 6.61 Å². The highest BCUT2D eigenvalue weighted by atomic mass is 79.9. The number of aliphatic hydroxyl groups excluding tert-OH is 3. The largest absolute Gasteiger partial charge is 0.422 e. The number of imidazole rings is 1. The summed E-state index contributed by atoms with van der Waals surface area (Å²) in [5.74, 6) is 0.0943. The van der Waals surface area contributed by atoms with Crippen LogP contribution in [0.3, 0.4) is 0 Å². The van der Waals surface area contributed by atoms with Crippen LogP contribution in [-0.4, -0.2) is 59.8 Å². The van der Waals surface area contributed by atoms with Crippen LogP contribution in [0.2, 0.25) is 0 Å². The molecule has 0 radical (unpaired) electrons. The van der Waals surface area contributed by atoms with Crippen LogP contribution >= 0.6 is 27.7 Å². The summed E-state index contributed by atoms with van der Waals surface area (Å²) in [7, 11) is 0. The third kappa shape index (κ3) is 3.46. The number of benzene rings is 1. The molecule has 3 aromatic heterocycles. The van der Waals surface area contributed by atoms with E-state index < -0.39 is 36.8 Å². The van der Waals surface area contributed by atoms with Crippen LogP contribution in [0.4, 0.5) is 5.82 Å². The van der Waals surface area contributed by atoms with Crippen LogP contribution in [0.1, 0.15) is 6.23 Å². The fourth-order valence-corrected chi connectivity index (χ4v) is 4.86. The molecular weight excluding hydrogens is 506 g/mol. The molecule has 0 aliphatic carbocycles. The second-order valence-corrected chi connectivity index (χ2v) is 9.03. The number of nitrogens with zero attached hydrogens (tertiary/aromatic N) is 4. The molecule has 0 amide bonds. The minimum Gasteiger partial charge on any atom is -0.422 e. The van der Waals surface area contributed by atoms with Crippen molar-refractivity contribution in [3.63, 3.8) is 0 Å². The molecule has 0 spiro atoms. The highest BCUT2D eigenvalue weighted by molar-refractivity contribution is 9.10. The minimum absolute atomic E-state index is 0.0943. The lowest BCUT2D eigenvalue weighted by molar-refractivity contribution is -0.0548. The third-order valence-electron chi connectivity index (χ3n) is 5.11. The summed E-state index contributed by atoms with van der Waals surface area (Å²) in [6.45, 7) is -0.496. The quantitative estimate of drug-likeness (QED) is 0.283. The zero-order chi connectivity index (χ0) is 22.6. The summed E-state index contributed by atoms with van der Waals surface area (Å²) in [5, 5.41) is 31.2. The van der Waals surface area contributed by atoms with Crippen LogP contribution in [0.25, 0.3) is 22.1 Å². The van der Waals surface area contributed by atoms with Crippen molar-refractivity contribution in [1.29, 1.82) is 0 Å². The molecule has 32 heavy (non-hydrogen) atoms. The number of anilines is 1. The molecule has 1 aliphatic heterocycles. The van der Waals surface area contributed by atoms with Gasteiger partial charge in [-0.05, 0) is 36.0 Å². The van der Waals surface area contributed by atoms with Gasteiger partial charge in [0.2, 0.25) is 0 Å². The Morgan fingerprint density at radius 1 is 1.22 bits per heavy atom. The van der Waals surface area contributed by atoms with Crippen molar-refractivity contribution >= 4 is 55.6 Å². The zero-order valence-electron chi connectivity index (χ0n) is 16.1. The maximum atomic E-state index is 12.6. The van der Waals surface area contributed by atoms with Gasteiger partial charge < -0.3 is 30.2 Å². The minimum atomic E-state index is -1.39. The first-order valence-corrected chi connectivity index (χ1v) is 11.0. The second-order valence-electron chi connectivity index (χ2n) is 7.11. The Morgan fingerprint density at radius 3 is 2.78 bits per heavy atom. The Labute approximate surface area is 192 Å². The molecule has 1 aliphatic rings. The molecule has 1 saturated heterocycles. The van der Waals surface area contributed by atoms with Crippen molar-refractivity contribution in [1.82, 2.24) is 19.5 Å². The van der Waals surface area contributed by atoms with Gasteiger partial charge in [-0.15, -0.1) is 0 Å². The summed E-state index contributed by atoms with van der Waals surface area (Å²) < 4.78 is 13.3. The highest BCUT2D eigenvalue weighted by Gasteiger charge is 2.45. The molecule has 4 atom stereocenters. The predicted octanol–water partition coefficient (Wildman–Crippen LogP) is 1.04. The van der Waals surface area contributed by atoms with Crippen molar-refractivity contribution in [2.75, 3.05) is 12.3 Å². The standard InChI is InChI=1S/C19H16BrN5O6S/c20-8-1-2-9-7(3-8)4-11(18(29)31-9)32-19-24-12-15(21)22-6-23-16(12)25(19)17-14(28)13(27)10(5-26)30-17/h1-4,6,10,13-14,17,26-28H,5H2,(H2,21,22,23)/t10-,13-,14?,17-/m1/s1. The number of nitrogens with two attached hydrogens (primary N) is 1.